The van der Waals surface area contributed by atoms with Gasteiger partial charge in [0.1, 0.15) is 0 Å². The summed E-state index contributed by atoms with van der Waals surface area (Å²) in [6.07, 6.45) is 1.23. The molecule has 0 bridgehead atoms. The number of carbonyl (C=O) groups is 3. The van der Waals surface area contributed by atoms with Crippen molar-refractivity contribution in [3.8, 4) is 0 Å². The number of carbonyl (C=O) groups excluding carboxylic acids is 3. The standard InChI is InChI=1S/C21H26N4O3/c1-4-7-19(26)23-17-10-6-11-18(13-17)24-20(27)14-22-16-9-5-8-15(12-16)21(28)25(2)3/h5-6,8-13,22H,4,7,14H2,1-3H3,(H,23,26)(H,24,27). The summed E-state index contributed by atoms with van der Waals surface area (Å²) in [6.45, 7) is 1.99. The van der Waals surface area contributed by atoms with Crippen LogP contribution in [0.5, 0.6) is 0 Å². The fraction of sp³-hybridized carbons (Fsp3) is 0.286. The maximum atomic E-state index is 12.2. The number of amides is 3. The van der Waals surface area contributed by atoms with E-state index in [0.717, 1.165) is 6.42 Å². The Bertz CT molecular complexity index is 849. The third kappa shape index (κ3) is 6.42. The van der Waals surface area contributed by atoms with Gasteiger partial charge in [0, 0.05) is 43.1 Å². The fourth-order valence-corrected chi connectivity index (χ4v) is 2.53. The van der Waals surface area contributed by atoms with Crippen LogP contribution in [0.15, 0.2) is 48.5 Å². The van der Waals surface area contributed by atoms with Gasteiger partial charge in [0.2, 0.25) is 11.8 Å². The minimum Gasteiger partial charge on any atom is -0.376 e. The Morgan fingerprint density at radius 3 is 2.11 bits per heavy atom. The second-order valence-electron chi connectivity index (χ2n) is 6.56. The monoisotopic (exact) mass is 382 g/mol. The molecule has 0 aliphatic rings. The average molecular weight is 382 g/mol. The molecule has 0 aromatic heterocycles. The van der Waals surface area contributed by atoms with Crippen molar-refractivity contribution in [2.75, 3.05) is 36.6 Å². The molecule has 3 N–H and O–H groups in total. The fourth-order valence-electron chi connectivity index (χ4n) is 2.53. The summed E-state index contributed by atoms with van der Waals surface area (Å²) in [7, 11) is 3.38. The van der Waals surface area contributed by atoms with Gasteiger partial charge in [-0.1, -0.05) is 19.1 Å². The lowest BCUT2D eigenvalue weighted by Gasteiger charge is -2.12. The van der Waals surface area contributed by atoms with Crippen LogP contribution in [0.25, 0.3) is 0 Å². The normalized spacial score (nSPS) is 10.1. The number of benzene rings is 2. The summed E-state index contributed by atoms with van der Waals surface area (Å²) in [5.74, 6) is -0.392. The molecule has 0 aliphatic heterocycles. The van der Waals surface area contributed by atoms with E-state index in [-0.39, 0.29) is 24.3 Å². The molecule has 0 unspecified atom stereocenters. The average Bonchev–Trinajstić information content (AvgIpc) is 2.66. The first kappa shape index (κ1) is 21.0. The van der Waals surface area contributed by atoms with Crippen LogP contribution in [0.1, 0.15) is 30.1 Å². The van der Waals surface area contributed by atoms with E-state index in [9.17, 15) is 14.4 Å². The van der Waals surface area contributed by atoms with Gasteiger partial charge in [-0.05, 0) is 42.8 Å². The van der Waals surface area contributed by atoms with Crippen molar-refractivity contribution in [2.45, 2.75) is 19.8 Å². The smallest absolute Gasteiger partial charge is 0.253 e. The Labute approximate surface area is 165 Å². The number of nitrogens with zero attached hydrogens (tertiary/aromatic N) is 1. The molecule has 3 amide bonds. The van der Waals surface area contributed by atoms with Crippen molar-refractivity contribution in [3.05, 3.63) is 54.1 Å². The van der Waals surface area contributed by atoms with E-state index in [2.05, 4.69) is 16.0 Å². The number of hydrogen-bond acceptors (Lipinski definition) is 4. The summed E-state index contributed by atoms with van der Waals surface area (Å²) in [6, 6.07) is 14.0. The molecule has 2 rings (SSSR count). The van der Waals surface area contributed by atoms with Crippen LogP contribution < -0.4 is 16.0 Å². The Kier molecular flexibility index (Phi) is 7.56. The molecule has 2 aromatic carbocycles. The lowest BCUT2D eigenvalue weighted by atomic mass is 10.2. The minimum atomic E-state index is -0.235. The van der Waals surface area contributed by atoms with Gasteiger partial charge in [-0.25, -0.2) is 0 Å². The molecule has 0 saturated carbocycles. The minimum absolute atomic E-state index is 0.0476. The molecule has 0 spiro atoms. The van der Waals surface area contributed by atoms with Crippen molar-refractivity contribution >= 4 is 34.8 Å². The predicted octanol–water partition coefficient (Wildman–Crippen LogP) is 3.18. The molecular formula is C21H26N4O3. The molecule has 0 saturated heterocycles. The first-order chi connectivity index (χ1) is 13.4. The molecule has 0 atom stereocenters. The Hall–Kier alpha value is -3.35. The van der Waals surface area contributed by atoms with Gasteiger partial charge in [-0.2, -0.15) is 0 Å². The zero-order valence-electron chi connectivity index (χ0n) is 16.4. The van der Waals surface area contributed by atoms with Crippen LogP contribution in [0.3, 0.4) is 0 Å². The largest absolute Gasteiger partial charge is 0.376 e. The van der Waals surface area contributed by atoms with Gasteiger partial charge in [0.15, 0.2) is 0 Å². The van der Waals surface area contributed by atoms with Gasteiger partial charge >= 0.3 is 0 Å². The van der Waals surface area contributed by atoms with Crippen molar-refractivity contribution in [3.63, 3.8) is 0 Å². The first-order valence-corrected chi connectivity index (χ1v) is 9.14. The molecule has 0 radical (unpaired) electrons. The number of rotatable bonds is 8. The van der Waals surface area contributed by atoms with Gasteiger partial charge in [0.25, 0.3) is 5.91 Å². The van der Waals surface area contributed by atoms with Crippen molar-refractivity contribution in [1.29, 1.82) is 0 Å². The molecule has 28 heavy (non-hydrogen) atoms. The predicted molar refractivity (Wildman–Crippen MR) is 112 cm³/mol. The second-order valence-corrected chi connectivity index (χ2v) is 6.56. The van der Waals surface area contributed by atoms with E-state index < -0.39 is 0 Å². The third-order valence-electron chi connectivity index (χ3n) is 3.88. The SMILES string of the molecule is CCCC(=O)Nc1cccc(NC(=O)CNc2cccc(C(=O)N(C)C)c2)c1. The lowest BCUT2D eigenvalue weighted by Crippen LogP contribution is -2.23. The Morgan fingerprint density at radius 1 is 0.857 bits per heavy atom. The van der Waals surface area contributed by atoms with Crippen molar-refractivity contribution in [2.24, 2.45) is 0 Å². The van der Waals surface area contributed by atoms with Crippen LogP contribution >= 0.6 is 0 Å². The molecule has 0 aliphatic carbocycles. The van der Waals surface area contributed by atoms with Crippen LogP contribution in [-0.4, -0.2) is 43.3 Å². The summed E-state index contributed by atoms with van der Waals surface area (Å²) >= 11 is 0. The van der Waals surface area contributed by atoms with Crippen LogP contribution in [-0.2, 0) is 9.59 Å². The van der Waals surface area contributed by atoms with Crippen LogP contribution in [0.2, 0.25) is 0 Å². The zero-order chi connectivity index (χ0) is 20.5. The highest BCUT2D eigenvalue weighted by atomic mass is 16.2. The summed E-state index contributed by atoms with van der Waals surface area (Å²) in [5.41, 5.74) is 2.46. The van der Waals surface area contributed by atoms with Crippen molar-refractivity contribution < 1.29 is 14.4 Å². The van der Waals surface area contributed by atoms with Crippen LogP contribution in [0.4, 0.5) is 17.1 Å². The van der Waals surface area contributed by atoms with Gasteiger partial charge in [-0.3, -0.25) is 14.4 Å². The second kappa shape index (κ2) is 10.1. The summed E-state index contributed by atoms with van der Waals surface area (Å²) < 4.78 is 0. The molecule has 2 aromatic rings. The Balaban J connectivity index is 1.92. The highest BCUT2D eigenvalue weighted by Gasteiger charge is 2.09. The van der Waals surface area contributed by atoms with Gasteiger partial charge in [-0.15, -0.1) is 0 Å². The third-order valence-corrected chi connectivity index (χ3v) is 3.88. The number of anilines is 3. The quantitative estimate of drug-likeness (QED) is 0.654. The zero-order valence-corrected chi connectivity index (χ0v) is 16.4. The summed E-state index contributed by atoms with van der Waals surface area (Å²) in [5, 5.41) is 8.59. The van der Waals surface area contributed by atoms with Crippen LogP contribution in [0, 0.1) is 0 Å². The molecular weight excluding hydrogens is 356 g/mol. The van der Waals surface area contributed by atoms with E-state index in [4.69, 9.17) is 0 Å². The van der Waals surface area contributed by atoms with E-state index in [1.165, 1.54) is 4.90 Å². The maximum absolute atomic E-state index is 12.2. The molecule has 0 fully saturated rings. The van der Waals surface area contributed by atoms with Gasteiger partial charge in [0.05, 0.1) is 6.54 Å². The van der Waals surface area contributed by atoms with E-state index in [0.29, 0.717) is 29.0 Å². The van der Waals surface area contributed by atoms with Gasteiger partial charge < -0.3 is 20.9 Å². The number of hydrogen-bond donors (Lipinski definition) is 3. The van der Waals surface area contributed by atoms with E-state index in [1.54, 1.807) is 62.6 Å². The molecule has 7 heteroatoms. The molecule has 0 heterocycles. The first-order valence-electron chi connectivity index (χ1n) is 9.14. The number of nitrogens with one attached hydrogen (secondary N) is 3. The van der Waals surface area contributed by atoms with Crippen molar-refractivity contribution in [1.82, 2.24) is 4.90 Å². The Morgan fingerprint density at radius 2 is 1.46 bits per heavy atom. The topological polar surface area (TPSA) is 90.5 Å². The summed E-state index contributed by atoms with van der Waals surface area (Å²) in [4.78, 5) is 37.4. The highest BCUT2D eigenvalue weighted by molar-refractivity contribution is 5.97. The lowest BCUT2D eigenvalue weighted by molar-refractivity contribution is -0.116. The molecule has 148 valence electrons. The maximum Gasteiger partial charge on any atom is 0.253 e. The molecule has 7 nitrogen and oxygen atoms in total. The highest BCUT2D eigenvalue weighted by Crippen LogP contribution is 2.16. The van der Waals surface area contributed by atoms with E-state index in [1.807, 2.05) is 6.92 Å². The van der Waals surface area contributed by atoms with E-state index >= 15 is 0 Å².